The predicted octanol–water partition coefficient (Wildman–Crippen LogP) is 2.37. The molecule has 0 radical (unpaired) electrons. The number of hydrogen-bond donors (Lipinski definition) is 2. The lowest BCUT2D eigenvalue weighted by Crippen LogP contribution is -2.33. The van der Waals surface area contributed by atoms with Crippen molar-refractivity contribution in [3.05, 3.63) is 59.9 Å². The highest BCUT2D eigenvalue weighted by atomic mass is 127. The highest BCUT2D eigenvalue weighted by molar-refractivity contribution is 14.0. The second-order valence-electron chi connectivity index (χ2n) is 5.17. The summed E-state index contributed by atoms with van der Waals surface area (Å²) in [6.07, 6.45) is 2.60. The summed E-state index contributed by atoms with van der Waals surface area (Å²) < 4.78 is 10.7. The van der Waals surface area contributed by atoms with Crippen molar-refractivity contribution >= 4 is 29.9 Å². The number of nitrogens with two attached hydrogens (primary N) is 1. The highest BCUT2D eigenvalue weighted by Crippen LogP contribution is 2.11. The fraction of sp³-hybridized carbons (Fsp3) is 0.333. The van der Waals surface area contributed by atoms with Gasteiger partial charge in [-0.25, -0.2) is 0 Å². The molecule has 0 spiro atoms. The van der Waals surface area contributed by atoms with E-state index in [0.717, 1.165) is 23.4 Å². The first-order chi connectivity index (χ1) is 11.8. The van der Waals surface area contributed by atoms with Crippen LogP contribution in [0.1, 0.15) is 11.3 Å². The zero-order chi connectivity index (χ0) is 17.0. The number of hydrogen-bond acceptors (Lipinski definition) is 4. The Hall–Kier alpha value is -1.87. The smallest absolute Gasteiger partial charge is 0.188 e. The summed E-state index contributed by atoms with van der Waals surface area (Å²) in [5.74, 6) is 1.27. The first kappa shape index (κ1) is 21.2. The Kier molecular flexibility index (Phi) is 10.6. The summed E-state index contributed by atoms with van der Waals surface area (Å²) in [5.41, 5.74) is 7.94. The van der Waals surface area contributed by atoms with E-state index in [0.29, 0.717) is 32.3 Å². The van der Waals surface area contributed by atoms with E-state index in [1.54, 1.807) is 13.3 Å². The SMILES string of the molecule is COc1ccc(COCCN=C(N)NCCc2ccccn2)cc1.I. The Balaban J connectivity index is 0.00000312. The van der Waals surface area contributed by atoms with Gasteiger partial charge < -0.3 is 20.5 Å². The Morgan fingerprint density at radius 1 is 1.20 bits per heavy atom. The third-order valence-corrected chi connectivity index (χ3v) is 3.36. The summed E-state index contributed by atoms with van der Waals surface area (Å²) in [4.78, 5) is 8.48. The number of nitrogens with one attached hydrogen (secondary N) is 1. The number of aliphatic imine (C=N–C) groups is 1. The van der Waals surface area contributed by atoms with Crippen LogP contribution in [0.2, 0.25) is 0 Å². The van der Waals surface area contributed by atoms with Crippen LogP contribution in [0.3, 0.4) is 0 Å². The van der Waals surface area contributed by atoms with Crippen molar-refractivity contribution in [1.82, 2.24) is 10.3 Å². The Labute approximate surface area is 165 Å². The number of nitrogens with zero attached hydrogens (tertiary/aromatic N) is 2. The largest absolute Gasteiger partial charge is 0.497 e. The molecule has 1 heterocycles. The molecule has 0 aliphatic heterocycles. The zero-order valence-corrected chi connectivity index (χ0v) is 16.7. The van der Waals surface area contributed by atoms with Crippen LogP contribution in [0.4, 0.5) is 0 Å². The maximum absolute atomic E-state index is 5.81. The second kappa shape index (κ2) is 12.5. The minimum absolute atomic E-state index is 0. The molecule has 0 amide bonds. The maximum atomic E-state index is 5.81. The molecule has 0 unspecified atom stereocenters. The molecular weight excluding hydrogens is 431 g/mol. The molecule has 1 aromatic heterocycles. The molecule has 2 aromatic rings. The van der Waals surface area contributed by atoms with Gasteiger partial charge in [-0.15, -0.1) is 24.0 Å². The van der Waals surface area contributed by atoms with Gasteiger partial charge in [0.2, 0.25) is 0 Å². The molecule has 0 bridgehead atoms. The van der Waals surface area contributed by atoms with Crippen molar-refractivity contribution in [2.45, 2.75) is 13.0 Å². The van der Waals surface area contributed by atoms with Crippen molar-refractivity contribution < 1.29 is 9.47 Å². The topological polar surface area (TPSA) is 81.8 Å². The molecule has 2 rings (SSSR count). The maximum Gasteiger partial charge on any atom is 0.188 e. The Bertz CT molecular complexity index is 621. The molecule has 0 saturated carbocycles. The molecule has 25 heavy (non-hydrogen) atoms. The van der Waals surface area contributed by atoms with Crippen LogP contribution in [0.15, 0.2) is 53.7 Å². The number of aromatic nitrogens is 1. The van der Waals surface area contributed by atoms with Crippen molar-refractivity contribution in [2.24, 2.45) is 10.7 Å². The number of halogens is 1. The first-order valence-electron chi connectivity index (χ1n) is 7.92. The summed E-state index contributed by atoms with van der Waals surface area (Å²) in [7, 11) is 1.65. The molecule has 0 fully saturated rings. The number of rotatable bonds is 9. The summed E-state index contributed by atoms with van der Waals surface area (Å²) in [6.45, 7) is 2.30. The molecular formula is C18H25IN4O2. The quantitative estimate of drug-likeness (QED) is 0.262. The van der Waals surface area contributed by atoms with E-state index < -0.39 is 0 Å². The summed E-state index contributed by atoms with van der Waals surface area (Å²) in [6, 6.07) is 13.7. The van der Waals surface area contributed by atoms with Gasteiger partial charge >= 0.3 is 0 Å². The number of ether oxygens (including phenoxy) is 2. The monoisotopic (exact) mass is 456 g/mol. The molecule has 1 aromatic carbocycles. The molecule has 0 aliphatic carbocycles. The van der Waals surface area contributed by atoms with E-state index in [9.17, 15) is 0 Å². The fourth-order valence-electron chi connectivity index (χ4n) is 2.06. The predicted molar refractivity (Wildman–Crippen MR) is 110 cm³/mol. The van der Waals surface area contributed by atoms with E-state index in [2.05, 4.69) is 15.3 Å². The average Bonchev–Trinajstić information content (AvgIpc) is 2.63. The van der Waals surface area contributed by atoms with E-state index in [4.69, 9.17) is 15.2 Å². The minimum atomic E-state index is 0. The van der Waals surface area contributed by atoms with E-state index in [-0.39, 0.29) is 24.0 Å². The number of pyridine rings is 1. The molecule has 0 saturated heterocycles. The van der Waals surface area contributed by atoms with Crippen LogP contribution in [-0.2, 0) is 17.8 Å². The molecule has 136 valence electrons. The lowest BCUT2D eigenvalue weighted by molar-refractivity contribution is 0.128. The lowest BCUT2D eigenvalue weighted by Gasteiger charge is -2.06. The third-order valence-electron chi connectivity index (χ3n) is 3.36. The second-order valence-corrected chi connectivity index (χ2v) is 5.17. The van der Waals surface area contributed by atoms with Crippen molar-refractivity contribution in [3.8, 4) is 5.75 Å². The Morgan fingerprint density at radius 2 is 2.00 bits per heavy atom. The van der Waals surface area contributed by atoms with Crippen molar-refractivity contribution in [2.75, 3.05) is 26.8 Å². The van der Waals surface area contributed by atoms with Gasteiger partial charge in [-0.1, -0.05) is 18.2 Å². The van der Waals surface area contributed by atoms with Gasteiger partial charge in [-0.3, -0.25) is 9.98 Å². The van der Waals surface area contributed by atoms with Crippen LogP contribution in [-0.4, -0.2) is 37.7 Å². The normalized spacial score (nSPS) is 10.8. The van der Waals surface area contributed by atoms with Crippen LogP contribution >= 0.6 is 24.0 Å². The molecule has 6 nitrogen and oxygen atoms in total. The van der Waals surface area contributed by atoms with Crippen LogP contribution < -0.4 is 15.8 Å². The van der Waals surface area contributed by atoms with Gasteiger partial charge in [0.15, 0.2) is 5.96 Å². The molecule has 0 atom stereocenters. The highest BCUT2D eigenvalue weighted by Gasteiger charge is 1.96. The third kappa shape index (κ3) is 8.69. The summed E-state index contributed by atoms with van der Waals surface area (Å²) in [5, 5.41) is 3.07. The van der Waals surface area contributed by atoms with Crippen LogP contribution in [0.25, 0.3) is 0 Å². The average molecular weight is 456 g/mol. The van der Waals surface area contributed by atoms with Gasteiger partial charge in [0.1, 0.15) is 5.75 Å². The van der Waals surface area contributed by atoms with Crippen molar-refractivity contribution in [1.29, 1.82) is 0 Å². The van der Waals surface area contributed by atoms with E-state index in [1.807, 2.05) is 42.5 Å². The van der Waals surface area contributed by atoms with Crippen molar-refractivity contribution in [3.63, 3.8) is 0 Å². The fourth-order valence-corrected chi connectivity index (χ4v) is 2.06. The zero-order valence-electron chi connectivity index (χ0n) is 14.4. The molecule has 3 N–H and O–H groups in total. The first-order valence-corrected chi connectivity index (χ1v) is 7.92. The molecule has 7 heteroatoms. The van der Waals surface area contributed by atoms with Gasteiger partial charge in [-0.2, -0.15) is 0 Å². The number of guanidine groups is 1. The standard InChI is InChI=1S/C18H24N4O2.HI/c1-23-17-7-5-15(6-8-17)14-24-13-12-22-18(19)21-11-9-16-4-2-3-10-20-16;/h2-8,10H,9,11-14H2,1H3,(H3,19,21,22);1H. The van der Waals surface area contributed by atoms with Gasteiger partial charge in [0, 0.05) is 24.9 Å². The number of benzene rings is 1. The van der Waals surface area contributed by atoms with Gasteiger partial charge in [-0.05, 0) is 29.8 Å². The van der Waals surface area contributed by atoms with Crippen LogP contribution in [0.5, 0.6) is 5.75 Å². The van der Waals surface area contributed by atoms with Gasteiger partial charge in [0.05, 0.1) is 26.9 Å². The summed E-state index contributed by atoms with van der Waals surface area (Å²) >= 11 is 0. The lowest BCUT2D eigenvalue weighted by atomic mass is 10.2. The Morgan fingerprint density at radius 3 is 2.68 bits per heavy atom. The van der Waals surface area contributed by atoms with E-state index in [1.165, 1.54) is 0 Å². The minimum Gasteiger partial charge on any atom is -0.497 e. The molecule has 0 aliphatic rings. The van der Waals surface area contributed by atoms with Crippen LogP contribution in [0, 0.1) is 0 Å². The van der Waals surface area contributed by atoms with Gasteiger partial charge in [0.25, 0.3) is 0 Å². The van der Waals surface area contributed by atoms with E-state index >= 15 is 0 Å². The number of methoxy groups -OCH3 is 1.